The van der Waals surface area contributed by atoms with Gasteiger partial charge in [-0.2, -0.15) is 8.42 Å². The molecule has 2 heterocycles. The van der Waals surface area contributed by atoms with Gasteiger partial charge in [0.2, 0.25) is 0 Å². The molecule has 0 spiro atoms. The van der Waals surface area contributed by atoms with Crippen molar-refractivity contribution < 1.29 is 13.2 Å². The van der Waals surface area contributed by atoms with Gasteiger partial charge < -0.3 is 10.2 Å². The van der Waals surface area contributed by atoms with E-state index < -0.39 is 10.0 Å². The third-order valence-electron chi connectivity index (χ3n) is 4.12. The molecular weight excluding hydrogens is 370 g/mol. The first-order valence-electron chi connectivity index (χ1n) is 8.56. The third kappa shape index (κ3) is 3.66. The SMILES string of the molecule is CCCCN1C(CC)=NS(=O)(=O)c2cc(NC(=O)c3cccs3)ccc21. The fourth-order valence-electron chi connectivity index (χ4n) is 2.82. The molecular formula is C18H21N3O3S2. The Kier molecular flexibility index (Phi) is 5.43. The number of amidine groups is 1. The minimum Gasteiger partial charge on any atom is -0.328 e. The molecule has 0 saturated carbocycles. The second-order valence-electron chi connectivity index (χ2n) is 5.96. The standard InChI is InChI=1S/C18H21N3O3S2/c1-3-5-10-21-14-9-8-13(19-18(22)15-7-6-11-25-15)12-16(14)26(23,24)20-17(21)4-2/h6-9,11-12H,3-5,10H2,1-2H3,(H,19,22). The Morgan fingerprint density at radius 3 is 2.73 bits per heavy atom. The Hall–Kier alpha value is -2.19. The Labute approximate surface area is 157 Å². The molecule has 6 nitrogen and oxygen atoms in total. The molecule has 2 aromatic rings. The van der Waals surface area contributed by atoms with Gasteiger partial charge in [0.1, 0.15) is 10.7 Å². The second kappa shape index (κ2) is 7.59. The molecule has 26 heavy (non-hydrogen) atoms. The van der Waals surface area contributed by atoms with Crippen LogP contribution in [0.4, 0.5) is 11.4 Å². The lowest BCUT2D eigenvalue weighted by molar-refractivity contribution is 0.103. The van der Waals surface area contributed by atoms with Crippen LogP contribution in [0.25, 0.3) is 0 Å². The molecule has 0 aliphatic carbocycles. The van der Waals surface area contributed by atoms with Crippen molar-refractivity contribution >= 4 is 44.5 Å². The van der Waals surface area contributed by atoms with Gasteiger partial charge >= 0.3 is 0 Å². The van der Waals surface area contributed by atoms with Gasteiger partial charge in [-0.05, 0) is 36.1 Å². The van der Waals surface area contributed by atoms with E-state index in [0.717, 1.165) is 12.8 Å². The van der Waals surface area contributed by atoms with E-state index in [1.54, 1.807) is 24.3 Å². The average Bonchev–Trinajstić information content (AvgIpc) is 3.15. The van der Waals surface area contributed by atoms with Crippen molar-refractivity contribution in [3.05, 3.63) is 40.6 Å². The van der Waals surface area contributed by atoms with Gasteiger partial charge in [0.25, 0.3) is 15.9 Å². The summed E-state index contributed by atoms with van der Waals surface area (Å²) in [5, 5.41) is 4.57. The number of nitrogens with one attached hydrogen (secondary N) is 1. The minimum atomic E-state index is -3.78. The van der Waals surface area contributed by atoms with Crippen molar-refractivity contribution in [1.82, 2.24) is 0 Å². The van der Waals surface area contributed by atoms with Crippen LogP contribution in [0.1, 0.15) is 42.8 Å². The zero-order valence-corrected chi connectivity index (χ0v) is 16.4. The number of anilines is 2. The summed E-state index contributed by atoms with van der Waals surface area (Å²) in [6, 6.07) is 8.49. The summed E-state index contributed by atoms with van der Waals surface area (Å²) < 4.78 is 29.2. The number of thiophene rings is 1. The Bertz CT molecular complexity index is 935. The fourth-order valence-corrected chi connectivity index (χ4v) is 4.76. The maximum Gasteiger partial charge on any atom is 0.286 e. The first-order chi connectivity index (χ1) is 12.5. The largest absolute Gasteiger partial charge is 0.328 e. The molecule has 0 atom stereocenters. The Morgan fingerprint density at radius 2 is 2.08 bits per heavy atom. The summed E-state index contributed by atoms with van der Waals surface area (Å²) in [7, 11) is -3.78. The van der Waals surface area contributed by atoms with Gasteiger partial charge in [-0.1, -0.05) is 26.3 Å². The first kappa shape index (κ1) is 18.6. The van der Waals surface area contributed by atoms with Crippen LogP contribution in [0, 0.1) is 0 Å². The quantitative estimate of drug-likeness (QED) is 0.803. The van der Waals surface area contributed by atoms with Crippen LogP contribution < -0.4 is 10.2 Å². The molecule has 1 aliphatic rings. The van der Waals surface area contributed by atoms with Crippen LogP contribution in [-0.2, 0) is 10.0 Å². The summed E-state index contributed by atoms with van der Waals surface area (Å²) in [5.74, 6) is 0.301. The highest BCUT2D eigenvalue weighted by Crippen LogP contribution is 2.34. The topological polar surface area (TPSA) is 78.8 Å². The second-order valence-corrected chi connectivity index (χ2v) is 8.48. The number of rotatable bonds is 6. The number of carbonyl (C=O) groups excluding carboxylic acids is 1. The van der Waals surface area contributed by atoms with Crippen molar-refractivity contribution in [3.63, 3.8) is 0 Å². The van der Waals surface area contributed by atoms with E-state index in [4.69, 9.17) is 0 Å². The summed E-state index contributed by atoms with van der Waals surface area (Å²) in [5.41, 5.74) is 1.07. The van der Waals surface area contributed by atoms with E-state index in [1.807, 2.05) is 17.2 Å². The molecule has 0 saturated heterocycles. The molecule has 1 aromatic carbocycles. The summed E-state index contributed by atoms with van der Waals surface area (Å²) in [6.45, 7) is 4.70. The molecule has 138 valence electrons. The normalized spacial score (nSPS) is 15.3. The Morgan fingerprint density at radius 1 is 1.27 bits per heavy atom. The van der Waals surface area contributed by atoms with E-state index in [9.17, 15) is 13.2 Å². The number of fused-ring (bicyclic) bond motifs is 1. The average molecular weight is 392 g/mol. The van der Waals surface area contributed by atoms with E-state index in [0.29, 0.717) is 35.1 Å². The number of hydrogen-bond acceptors (Lipinski definition) is 5. The number of amides is 1. The summed E-state index contributed by atoms with van der Waals surface area (Å²) in [4.78, 5) is 14.9. The molecule has 1 aromatic heterocycles. The van der Waals surface area contributed by atoms with Gasteiger partial charge in [-0.3, -0.25) is 4.79 Å². The van der Waals surface area contributed by atoms with E-state index >= 15 is 0 Å². The maximum absolute atomic E-state index is 12.6. The van der Waals surface area contributed by atoms with Crippen molar-refractivity contribution in [2.75, 3.05) is 16.8 Å². The van der Waals surface area contributed by atoms with Gasteiger partial charge in [-0.15, -0.1) is 15.7 Å². The lowest BCUT2D eigenvalue weighted by Crippen LogP contribution is -2.36. The van der Waals surface area contributed by atoms with Crippen molar-refractivity contribution in [2.45, 2.75) is 38.0 Å². The predicted molar refractivity (Wildman–Crippen MR) is 106 cm³/mol. The summed E-state index contributed by atoms with van der Waals surface area (Å²) in [6.07, 6.45) is 2.49. The molecule has 1 amide bonds. The van der Waals surface area contributed by atoms with Crippen LogP contribution in [0.3, 0.4) is 0 Å². The third-order valence-corrected chi connectivity index (χ3v) is 6.32. The van der Waals surface area contributed by atoms with Crippen LogP contribution in [0.2, 0.25) is 0 Å². The van der Waals surface area contributed by atoms with Crippen LogP contribution >= 0.6 is 11.3 Å². The van der Waals surface area contributed by atoms with Gasteiger partial charge in [0.15, 0.2) is 0 Å². The molecule has 1 aliphatic heterocycles. The molecule has 1 N–H and O–H groups in total. The van der Waals surface area contributed by atoms with Crippen molar-refractivity contribution in [2.24, 2.45) is 4.40 Å². The van der Waals surface area contributed by atoms with Gasteiger partial charge in [-0.25, -0.2) is 0 Å². The van der Waals surface area contributed by atoms with Crippen LogP contribution in [-0.4, -0.2) is 26.7 Å². The molecule has 8 heteroatoms. The summed E-state index contributed by atoms with van der Waals surface area (Å²) >= 11 is 1.33. The predicted octanol–water partition coefficient (Wildman–Crippen LogP) is 4.12. The molecule has 0 unspecified atom stereocenters. The van der Waals surface area contributed by atoms with Crippen molar-refractivity contribution in [3.8, 4) is 0 Å². The molecule has 0 fully saturated rings. The minimum absolute atomic E-state index is 0.134. The van der Waals surface area contributed by atoms with Crippen molar-refractivity contribution in [1.29, 1.82) is 0 Å². The van der Waals surface area contributed by atoms with Crippen LogP contribution in [0.15, 0.2) is 45.0 Å². The monoisotopic (exact) mass is 391 g/mol. The maximum atomic E-state index is 12.6. The fraction of sp³-hybridized carbons (Fsp3) is 0.333. The van der Waals surface area contributed by atoms with E-state index in [-0.39, 0.29) is 10.8 Å². The molecule has 0 bridgehead atoms. The number of benzene rings is 1. The lowest BCUT2D eigenvalue weighted by Gasteiger charge is -2.30. The highest BCUT2D eigenvalue weighted by molar-refractivity contribution is 7.90. The number of unbranched alkanes of at least 4 members (excludes halogenated alkanes) is 1. The molecule has 0 radical (unpaired) electrons. The van der Waals surface area contributed by atoms with E-state index in [2.05, 4.69) is 16.6 Å². The highest BCUT2D eigenvalue weighted by Gasteiger charge is 2.30. The zero-order valence-electron chi connectivity index (χ0n) is 14.7. The molecule has 3 rings (SSSR count). The number of nitrogens with zero attached hydrogens (tertiary/aromatic N) is 2. The van der Waals surface area contributed by atoms with Gasteiger partial charge in [0, 0.05) is 18.7 Å². The number of hydrogen-bond donors (Lipinski definition) is 1. The lowest BCUT2D eigenvalue weighted by atomic mass is 10.2. The smallest absolute Gasteiger partial charge is 0.286 e. The van der Waals surface area contributed by atoms with E-state index in [1.165, 1.54) is 17.4 Å². The number of sulfonamides is 1. The zero-order chi connectivity index (χ0) is 18.7. The Balaban J connectivity index is 1.96. The van der Waals surface area contributed by atoms with Gasteiger partial charge in [0.05, 0.1) is 10.6 Å². The number of carbonyl (C=O) groups is 1. The first-order valence-corrected chi connectivity index (χ1v) is 10.9. The van der Waals surface area contributed by atoms with Crippen LogP contribution in [0.5, 0.6) is 0 Å². The highest BCUT2D eigenvalue weighted by atomic mass is 32.2.